The van der Waals surface area contributed by atoms with Crippen LogP contribution in [0.25, 0.3) is 22.3 Å². The number of aromatic nitrogens is 5. The molecule has 1 atom stereocenters. The Morgan fingerprint density at radius 2 is 2.00 bits per heavy atom. The first-order chi connectivity index (χ1) is 16.5. The molecule has 1 fully saturated rings. The number of imidazole rings is 1. The first kappa shape index (κ1) is 21.3. The van der Waals surface area contributed by atoms with E-state index in [1.165, 1.54) is 12.8 Å². The normalized spacial score (nSPS) is 18.6. The van der Waals surface area contributed by atoms with Crippen LogP contribution < -0.4 is 10.1 Å². The second kappa shape index (κ2) is 8.23. The monoisotopic (exact) mass is 520 g/mol. The molecule has 0 saturated heterocycles. The highest BCUT2D eigenvalue weighted by molar-refractivity contribution is 9.10. The standard InChI is InChI=1S/C25H25BrN6O2/c1-14-10-16-11-19(28-14)18-13-27-31(2)24(18)34-9-3-4-21(15-5-6-15)32-22-8-7-17(26)12-20(22)29-25(32)30-23(16)33/h7-8,10-13,15,21H,3-6,9H2,1-2H3,(H,29,30,33). The van der Waals surface area contributed by atoms with Crippen molar-refractivity contribution in [2.45, 2.75) is 38.6 Å². The maximum Gasteiger partial charge on any atom is 0.258 e. The molecule has 1 saturated carbocycles. The maximum atomic E-state index is 13.5. The summed E-state index contributed by atoms with van der Waals surface area (Å²) in [5.41, 5.74) is 4.62. The van der Waals surface area contributed by atoms with E-state index in [0.29, 0.717) is 35.6 Å². The molecule has 1 N–H and O–H groups in total. The third kappa shape index (κ3) is 3.77. The van der Waals surface area contributed by atoms with Crippen LogP contribution >= 0.6 is 15.9 Å². The van der Waals surface area contributed by atoms with Crippen molar-refractivity contribution in [2.75, 3.05) is 11.9 Å². The van der Waals surface area contributed by atoms with Crippen LogP contribution in [0.15, 0.2) is 41.0 Å². The molecule has 1 aromatic carbocycles. The molecule has 2 bridgehead atoms. The number of carbonyl (C=O) groups excluding carboxylic acids is 1. The Bertz CT molecular complexity index is 1420. The molecule has 1 aliphatic carbocycles. The fourth-order valence-electron chi connectivity index (χ4n) is 4.90. The van der Waals surface area contributed by atoms with Crippen LogP contribution in [0.2, 0.25) is 0 Å². The van der Waals surface area contributed by atoms with Gasteiger partial charge in [0.1, 0.15) is 0 Å². The van der Waals surface area contributed by atoms with Crippen LogP contribution in [0.4, 0.5) is 5.95 Å². The van der Waals surface area contributed by atoms with Gasteiger partial charge >= 0.3 is 0 Å². The molecular formula is C25H25BrN6O2. The summed E-state index contributed by atoms with van der Waals surface area (Å²) in [6, 6.07) is 9.94. The van der Waals surface area contributed by atoms with E-state index >= 15 is 0 Å². The first-order valence-electron chi connectivity index (χ1n) is 11.6. The number of pyridine rings is 1. The SMILES string of the molecule is Cc1cc2cc(n1)-c1cnn(C)c1OCCCC(C1CC1)n1c(nc3cc(Br)ccc31)NC2=O. The molecule has 4 heterocycles. The van der Waals surface area contributed by atoms with Crippen molar-refractivity contribution < 1.29 is 9.53 Å². The third-order valence-corrected chi connectivity index (χ3v) is 7.13. The van der Waals surface area contributed by atoms with Gasteiger partial charge in [0.05, 0.1) is 35.1 Å². The number of benzene rings is 1. The van der Waals surface area contributed by atoms with E-state index in [9.17, 15) is 4.79 Å². The zero-order valence-electron chi connectivity index (χ0n) is 19.1. The largest absolute Gasteiger partial charge is 0.477 e. The van der Waals surface area contributed by atoms with Gasteiger partial charge in [-0.2, -0.15) is 5.10 Å². The van der Waals surface area contributed by atoms with Crippen molar-refractivity contribution in [3.05, 3.63) is 52.3 Å². The molecule has 4 aromatic rings. The van der Waals surface area contributed by atoms with Crippen molar-refractivity contribution in [2.24, 2.45) is 13.0 Å². The van der Waals surface area contributed by atoms with Crippen LogP contribution in [0, 0.1) is 12.8 Å². The Morgan fingerprint density at radius 3 is 2.82 bits per heavy atom. The van der Waals surface area contributed by atoms with Crippen molar-refractivity contribution in [3.8, 4) is 17.1 Å². The highest BCUT2D eigenvalue weighted by atomic mass is 79.9. The van der Waals surface area contributed by atoms with Gasteiger partial charge in [0.25, 0.3) is 5.91 Å². The number of rotatable bonds is 1. The van der Waals surface area contributed by atoms with E-state index in [1.54, 1.807) is 23.0 Å². The number of nitrogens with one attached hydrogen (secondary N) is 1. The average Bonchev–Trinajstić information content (AvgIpc) is 3.49. The summed E-state index contributed by atoms with van der Waals surface area (Å²) in [7, 11) is 1.86. The second-order valence-electron chi connectivity index (χ2n) is 9.16. The highest BCUT2D eigenvalue weighted by Crippen LogP contribution is 2.45. The molecular weight excluding hydrogens is 496 g/mol. The molecule has 174 valence electrons. The number of anilines is 1. The molecule has 34 heavy (non-hydrogen) atoms. The second-order valence-corrected chi connectivity index (χ2v) is 10.1. The molecule has 3 aromatic heterocycles. The number of hydrogen-bond acceptors (Lipinski definition) is 5. The van der Waals surface area contributed by atoms with Gasteiger partial charge in [0.15, 0.2) is 0 Å². The first-order valence-corrected chi connectivity index (χ1v) is 12.4. The number of nitrogens with zero attached hydrogens (tertiary/aromatic N) is 5. The van der Waals surface area contributed by atoms with E-state index in [1.807, 2.05) is 26.1 Å². The van der Waals surface area contributed by atoms with Gasteiger partial charge in [-0.25, -0.2) is 9.67 Å². The number of hydrogen-bond donors (Lipinski definition) is 1. The summed E-state index contributed by atoms with van der Waals surface area (Å²) >= 11 is 3.56. The molecule has 1 amide bonds. The average molecular weight is 521 g/mol. The molecule has 9 heteroatoms. The Kier molecular flexibility index (Phi) is 5.17. The van der Waals surface area contributed by atoms with Gasteiger partial charge in [-0.05, 0) is 68.9 Å². The fourth-order valence-corrected chi connectivity index (χ4v) is 5.25. The minimum absolute atomic E-state index is 0.208. The summed E-state index contributed by atoms with van der Waals surface area (Å²) in [5.74, 6) is 1.63. The Balaban J connectivity index is 1.50. The number of aryl methyl sites for hydroxylation is 2. The lowest BCUT2D eigenvalue weighted by Gasteiger charge is -2.22. The van der Waals surface area contributed by atoms with Crippen molar-refractivity contribution in [1.29, 1.82) is 0 Å². The van der Waals surface area contributed by atoms with Gasteiger partial charge in [-0.15, -0.1) is 0 Å². The third-order valence-electron chi connectivity index (χ3n) is 6.63. The number of fused-ring (bicyclic) bond motifs is 7. The quantitative estimate of drug-likeness (QED) is 0.369. The Labute approximate surface area is 205 Å². The Hall–Kier alpha value is -3.20. The smallest absolute Gasteiger partial charge is 0.258 e. The van der Waals surface area contributed by atoms with E-state index in [-0.39, 0.29) is 11.9 Å². The van der Waals surface area contributed by atoms with Gasteiger partial charge in [0, 0.05) is 28.8 Å². The maximum absolute atomic E-state index is 13.5. The van der Waals surface area contributed by atoms with Crippen molar-refractivity contribution >= 4 is 38.8 Å². The van der Waals surface area contributed by atoms with Gasteiger partial charge in [-0.3, -0.25) is 15.1 Å². The summed E-state index contributed by atoms with van der Waals surface area (Å²) in [6.45, 7) is 2.46. The lowest BCUT2D eigenvalue weighted by molar-refractivity contribution is 0.102. The van der Waals surface area contributed by atoms with Gasteiger partial charge in [-0.1, -0.05) is 15.9 Å². The summed E-state index contributed by atoms with van der Waals surface area (Å²) in [6.07, 6.45) is 5.93. The zero-order chi connectivity index (χ0) is 23.4. The molecule has 1 aliphatic heterocycles. The number of halogens is 1. The number of amides is 1. The number of ether oxygens (including phenoxy) is 1. The summed E-state index contributed by atoms with van der Waals surface area (Å²) in [4.78, 5) is 23.0. The van der Waals surface area contributed by atoms with Gasteiger partial charge < -0.3 is 9.30 Å². The predicted octanol–water partition coefficient (Wildman–Crippen LogP) is 5.28. The lowest BCUT2D eigenvalue weighted by Crippen LogP contribution is -2.20. The van der Waals surface area contributed by atoms with Crippen LogP contribution in [0.1, 0.15) is 47.8 Å². The van der Waals surface area contributed by atoms with Crippen LogP contribution in [-0.4, -0.2) is 36.8 Å². The van der Waals surface area contributed by atoms with E-state index in [0.717, 1.165) is 39.6 Å². The van der Waals surface area contributed by atoms with Crippen LogP contribution in [0.3, 0.4) is 0 Å². The van der Waals surface area contributed by atoms with Gasteiger partial charge in [0.2, 0.25) is 11.8 Å². The van der Waals surface area contributed by atoms with E-state index < -0.39 is 0 Å². The fraction of sp³-hybridized carbons (Fsp3) is 0.360. The Morgan fingerprint density at radius 1 is 1.15 bits per heavy atom. The molecule has 0 radical (unpaired) electrons. The molecule has 1 unspecified atom stereocenters. The minimum Gasteiger partial charge on any atom is -0.477 e. The summed E-state index contributed by atoms with van der Waals surface area (Å²) < 4.78 is 11.1. The van der Waals surface area contributed by atoms with Crippen LogP contribution in [0.5, 0.6) is 5.88 Å². The predicted molar refractivity (Wildman–Crippen MR) is 133 cm³/mol. The van der Waals surface area contributed by atoms with E-state index in [4.69, 9.17) is 9.72 Å². The summed E-state index contributed by atoms with van der Waals surface area (Å²) in [5, 5.41) is 7.50. The topological polar surface area (TPSA) is 86.9 Å². The van der Waals surface area contributed by atoms with Crippen molar-refractivity contribution in [3.63, 3.8) is 0 Å². The molecule has 2 aliphatic rings. The zero-order valence-corrected chi connectivity index (χ0v) is 20.7. The minimum atomic E-state index is -0.208. The number of carbonyl (C=O) groups is 1. The lowest BCUT2D eigenvalue weighted by atomic mass is 10.1. The van der Waals surface area contributed by atoms with Crippen molar-refractivity contribution in [1.82, 2.24) is 24.3 Å². The molecule has 0 spiro atoms. The highest BCUT2D eigenvalue weighted by Gasteiger charge is 2.35. The van der Waals surface area contributed by atoms with E-state index in [2.05, 4.69) is 42.0 Å². The van der Waals surface area contributed by atoms with Crippen LogP contribution in [-0.2, 0) is 7.05 Å². The molecule has 8 nitrogen and oxygen atoms in total. The molecule has 6 rings (SSSR count).